The Bertz CT molecular complexity index is 308. The third kappa shape index (κ3) is 4.09. The summed E-state index contributed by atoms with van der Waals surface area (Å²) in [6.07, 6.45) is 2.72. The molecule has 0 bridgehead atoms. The summed E-state index contributed by atoms with van der Waals surface area (Å²) in [5.74, 6) is 0.771. The summed E-state index contributed by atoms with van der Waals surface area (Å²) in [5, 5.41) is 0. The first kappa shape index (κ1) is 11.5. The highest BCUT2D eigenvalue weighted by Gasteiger charge is 2.22. The van der Waals surface area contributed by atoms with Gasteiger partial charge in [-0.05, 0) is 12.1 Å². The van der Waals surface area contributed by atoms with Gasteiger partial charge in [0.1, 0.15) is 5.76 Å². The summed E-state index contributed by atoms with van der Waals surface area (Å²) >= 11 is 0. The van der Waals surface area contributed by atoms with Gasteiger partial charge in [0.2, 0.25) is 0 Å². The molecule has 1 heterocycles. The molecule has 0 aromatic carbocycles. The van der Waals surface area contributed by atoms with E-state index in [1.807, 2.05) is 20.2 Å². The van der Waals surface area contributed by atoms with Crippen molar-refractivity contribution in [2.75, 3.05) is 26.5 Å². The van der Waals surface area contributed by atoms with Crippen molar-refractivity contribution >= 4 is 7.37 Å². The van der Waals surface area contributed by atoms with Crippen LogP contribution in [0.5, 0.6) is 0 Å². The van der Waals surface area contributed by atoms with Crippen LogP contribution in [0.25, 0.3) is 0 Å². The minimum Gasteiger partial charge on any atom is -0.469 e. The first-order chi connectivity index (χ1) is 6.49. The molecule has 4 nitrogen and oxygen atoms in total. The average Bonchev–Trinajstić information content (AvgIpc) is 2.50. The maximum atomic E-state index is 11.6. The summed E-state index contributed by atoms with van der Waals surface area (Å²) in [5.41, 5.74) is 0. The second-order valence-corrected chi connectivity index (χ2v) is 6.22. The molecule has 0 amide bonds. The lowest BCUT2D eigenvalue weighted by Gasteiger charge is -2.13. The van der Waals surface area contributed by atoms with Gasteiger partial charge < -0.3 is 14.2 Å². The normalized spacial score (nSPS) is 15.7. The smallest absolute Gasteiger partial charge is 0.253 e. The Morgan fingerprint density at radius 1 is 1.57 bits per heavy atom. The van der Waals surface area contributed by atoms with E-state index in [1.54, 1.807) is 12.3 Å². The number of rotatable bonds is 5. The molecule has 1 unspecified atom stereocenters. The first-order valence-electron chi connectivity index (χ1n) is 4.62. The van der Waals surface area contributed by atoms with Gasteiger partial charge in [0, 0.05) is 12.6 Å². The molecule has 0 radical (unpaired) electrons. The fourth-order valence-corrected chi connectivity index (χ4v) is 3.03. The van der Waals surface area contributed by atoms with Crippen molar-refractivity contribution in [2.45, 2.75) is 6.42 Å². The van der Waals surface area contributed by atoms with Gasteiger partial charge in [-0.15, -0.1) is 0 Å². The molecule has 0 aliphatic carbocycles. The van der Waals surface area contributed by atoms with Gasteiger partial charge in [-0.2, -0.15) is 0 Å². The van der Waals surface area contributed by atoms with Crippen molar-refractivity contribution in [3.8, 4) is 0 Å². The van der Waals surface area contributed by atoms with Crippen molar-refractivity contribution in [1.82, 2.24) is 0 Å². The maximum absolute atomic E-state index is 11.6. The first-order valence-corrected chi connectivity index (χ1v) is 6.65. The maximum Gasteiger partial charge on any atom is 0.253 e. The highest BCUT2D eigenvalue weighted by atomic mass is 31.2. The molecular weight excluding hydrogens is 201 g/mol. The van der Waals surface area contributed by atoms with E-state index < -0.39 is 7.37 Å². The van der Waals surface area contributed by atoms with Crippen molar-refractivity contribution in [3.05, 3.63) is 24.2 Å². The van der Waals surface area contributed by atoms with E-state index in [2.05, 4.69) is 0 Å². The van der Waals surface area contributed by atoms with Crippen LogP contribution in [0.2, 0.25) is 0 Å². The predicted octanol–water partition coefficient (Wildman–Crippen LogP) is 0.195. The van der Waals surface area contributed by atoms with E-state index in [9.17, 15) is 9.46 Å². The molecule has 0 aliphatic rings. The second-order valence-electron chi connectivity index (χ2n) is 3.76. The van der Waals surface area contributed by atoms with Crippen LogP contribution in [-0.2, 0) is 11.0 Å². The molecule has 80 valence electrons. The molecule has 1 atom stereocenters. The molecule has 2 N–H and O–H groups in total. The van der Waals surface area contributed by atoms with Crippen LogP contribution in [0, 0.1) is 0 Å². The van der Waals surface area contributed by atoms with Gasteiger partial charge in [-0.3, -0.25) is 4.57 Å². The summed E-state index contributed by atoms with van der Waals surface area (Å²) < 4.78 is 16.7. The minimum atomic E-state index is -2.99. The van der Waals surface area contributed by atoms with Gasteiger partial charge in [0.15, 0.2) is 6.29 Å². The highest BCUT2D eigenvalue weighted by molar-refractivity contribution is 7.57. The quantitative estimate of drug-likeness (QED) is 0.694. The second kappa shape index (κ2) is 4.78. The number of nitrogens with one attached hydrogen (secondary N) is 1. The van der Waals surface area contributed by atoms with Gasteiger partial charge in [-0.25, -0.2) is 0 Å². The number of quaternary nitrogens is 1. The SMILES string of the molecule is C[NH+](C)CP(=O)(O)CCc1ccco1. The molecule has 0 spiro atoms. The van der Waals surface area contributed by atoms with Gasteiger partial charge >= 0.3 is 0 Å². The Labute approximate surface area is 84.0 Å². The summed E-state index contributed by atoms with van der Waals surface area (Å²) in [4.78, 5) is 10.6. The third-order valence-electron chi connectivity index (χ3n) is 1.85. The highest BCUT2D eigenvalue weighted by Crippen LogP contribution is 2.38. The molecule has 1 rings (SSSR count). The number of aryl methyl sites for hydroxylation is 1. The third-order valence-corrected chi connectivity index (χ3v) is 3.90. The monoisotopic (exact) mass is 218 g/mol. The van der Waals surface area contributed by atoms with Crippen molar-refractivity contribution < 1.29 is 18.8 Å². The van der Waals surface area contributed by atoms with Crippen LogP contribution in [0.1, 0.15) is 5.76 Å². The summed E-state index contributed by atoms with van der Waals surface area (Å²) in [6, 6.07) is 3.61. The standard InChI is InChI=1S/C9H16NO3P/c1-10(2)8-14(11,12)7-5-9-4-3-6-13-9/h3-4,6H,5,7-8H2,1-2H3,(H,11,12)/p+1. The number of furan rings is 1. The van der Waals surface area contributed by atoms with E-state index in [4.69, 9.17) is 4.42 Å². The van der Waals surface area contributed by atoms with Crippen LogP contribution in [0.3, 0.4) is 0 Å². The Balaban J connectivity index is 2.40. The lowest BCUT2D eigenvalue weighted by molar-refractivity contribution is -0.846. The Kier molecular flexibility index (Phi) is 3.93. The van der Waals surface area contributed by atoms with E-state index in [0.29, 0.717) is 18.9 Å². The number of hydrogen-bond acceptors (Lipinski definition) is 2. The fourth-order valence-electron chi connectivity index (χ4n) is 1.31. The largest absolute Gasteiger partial charge is 0.469 e. The van der Waals surface area contributed by atoms with E-state index in [-0.39, 0.29) is 0 Å². The zero-order valence-corrected chi connectivity index (χ0v) is 9.46. The van der Waals surface area contributed by atoms with Gasteiger partial charge in [0.25, 0.3) is 7.37 Å². The molecule has 1 aromatic heterocycles. The molecule has 1 aromatic rings. The number of hydrogen-bond donors (Lipinski definition) is 2. The topological polar surface area (TPSA) is 54.9 Å². The molecule has 5 heteroatoms. The van der Waals surface area contributed by atoms with Crippen LogP contribution < -0.4 is 4.90 Å². The zero-order chi connectivity index (χ0) is 10.6. The zero-order valence-electron chi connectivity index (χ0n) is 8.56. The van der Waals surface area contributed by atoms with Crippen LogP contribution >= 0.6 is 7.37 Å². The Hall–Kier alpha value is -0.570. The Morgan fingerprint density at radius 3 is 2.79 bits per heavy atom. The Morgan fingerprint density at radius 2 is 2.29 bits per heavy atom. The molecule has 0 saturated heterocycles. The van der Waals surface area contributed by atoms with Gasteiger partial charge in [-0.1, -0.05) is 0 Å². The van der Waals surface area contributed by atoms with Gasteiger partial charge in [0.05, 0.1) is 20.4 Å². The van der Waals surface area contributed by atoms with Crippen LogP contribution in [-0.4, -0.2) is 31.4 Å². The van der Waals surface area contributed by atoms with E-state index in [1.165, 1.54) is 0 Å². The molecule has 14 heavy (non-hydrogen) atoms. The predicted molar refractivity (Wildman–Crippen MR) is 54.8 cm³/mol. The van der Waals surface area contributed by atoms with Crippen LogP contribution in [0.15, 0.2) is 22.8 Å². The summed E-state index contributed by atoms with van der Waals surface area (Å²) in [7, 11) is 0.755. The minimum absolute atomic E-state index is 0.297. The van der Waals surface area contributed by atoms with Crippen LogP contribution in [0.4, 0.5) is 0 Å². The van der Waals surface area contributed by atoms with Crippen molar-refractivity contribution in [3.63, 3.8) is 0 Å². The van der Waals surface area contributed by atoms with E-state index >= 15 is 0 Å². The molecule has 0 fully saturated rings. The van der Waals surface area contributed by atoms with E-state index in [0.717, 1.165) is 10.7 Å². The fraction of sp³-hybridized carbons (Fsp3) is 0.556. The lowest BCUT2D eigenvalue weighted by Crippen LogP contribution is -3.05. The summed E-state index contributed by atoms with van der Waals surface area (Å²) in [6.45, 7) is 0. The van der Waals surface area contributed by atoms with Crippen molar-refractivity contribution in [1.29, 1.82) is 0 Å². The average molecular weight is 218 g/mol. The molecule has 0 aliphatic heterocycles. The van der Waals surface area contributed by atoms with Crippen molar-refractivity contribution in [2.24, 2.45) is 0 Å². The lowest BCUT2D eigenvalue weighted by atomic mass is 10.4. The molecular formula is C9H17NO3P+. The molecule has 0 saturated carbocycles.